The Morgan fingerprint density at radius 3 is 2.67 bits per heavy atom. The molecule has 1 heterocycles. The van der Waals surface area contributed by atoms with E-state index in [0.717, 1.165) is 12.8 Å². The first kappa shape index (κ1) is 19.4. The van der Waals surface area contributed by atoms with E-state index in [2.05, 4.69) is 5.27 Å². The minimum Gasteiger partial charge on any atom is -0.497 e. The summed E-state index contributed by atoms with van der Waals surface area (Å²) >= 11 is 0. The predicted molar refractivity (Wildman–Crippen MR) is 103 cm³/mol. The van der Waals surface area contributed by atoms with Crippen LogP contribution in [0.4, 0.5) is 5.69 Å². The van der Waals surface area contributed by atoms with Crippen molar-refractivity contribution in [3.8, 4) is 11.4 Å². The standard InChI is InChI=1S/C20H18N4O6/c1-29-17-9-7-15(8-10-17)23-18(20(26)30-21-23)12-22(14-5-6-14)19(25)13-3-2-4-16(11-13)24(27)28/h2-4,7-11,14H,5-6,12H2,1H3/p+1. The van der Waals surface area contributed by atoms with Gasteiger partial charge in [-0.1, -0.05) is 6.07 Å². The molecule has 1 fully saturated rings. The molecule has 1 aliphatic rings. The Hall–Kier alpha value is -3.95. The van der Waals surface area contributed by atoms with Crippen LogP contribution in [0.1, 0.15) is 28.9 Å². The summed E-state index contributed by atoms with van der Waals surface area (Å²) in [5.41, 5.74) is 0.322. The maximum absolute atomic E-state index is 13.1. The maximum Gasteiger partial charge on any atom is 0.432 e. The van der Waals surface area contributed by atoms with Crippen LogP contribution in [0.2, 0.25) is 0 Å². The number of carbonyl (C=O) groups is 1. The molecule has 154 valence electrons. The molecular formula is C20H19N4O6+. The first-order valence-electron chi connectivity index (χ1n) is 9.30. The third-order valence-corrected chi connectivity index (χ3v) is 4.94. The molecule has 1 saturated carbocycles. The van der Waals surface area contributed by atoms with Crippen LogP contribution in [0.15, 0.2) is 57.8 Å². The number of benzene rings is 2. The number of nitro benzene ring substituents is 1. The first-order valence-corrected chi connectivity index (χ1v) is 9.30. The van der Waals surface area contributed by atoms with Crippen molar-refractivity contribution >= 4 is 11.6 Å². The molecule has 0 spiro atoms. The number of non-ortho nitro benzene ring substituents is 1. The molecule has 0 aliphatic heterocycles. The number of amides is 1. The van der Waals surface area contributed by atoms with Crippen molar-refractivity contribution in [2.75, 3.05) is 7.11 Å². The van der Waals surface area contributed by atoms with Crippen LogP contribution < -0.4 is 15.0 Å². The quantitative estimate of drug-likeness (QED) is 0.360. The zero-order valence-electron chi connectivity index (χ0n) is 16.1. The Morgan fingerprint density at radius 1 is 1.30 bits per heavy atom. The smallest absolute Gasteiger partial charge is 0.432 e. The number of aromatic nitrogens is 2. The summed E-state index contributed by atoms with van der Waals surface area (Å²) < 4.78 is 11.6. The lowest BCUT2D eigenvalue weighted by atomic mass is 10.1. The predicted octanol–water partition coefficient (Wildman–Crippen LogP) is 1.97. The zero-order chi connectivity index (χ0) is 21.3. The van der Waals surface area contributed by atoms with E-state index < -0.39 is 10.5 Å². The van der Waals surface area contributed by atoms with Crippen LogP contribution in [0.5, 0.6) is 5.75 Å². The number of ether oxygens (including phenoxy) is 1. The molecule has 10 nitrogen and oxygen atoms in total. The van der Waals surface area contributed by atoms with Gasteiger partial charge in [0.05, 0.1) is 12.0 Å². The van der Waals surface area contributed by atoms with E-state index >= 15 is 0 Å². The number of methoxy groups -OCH3 is 1. The molecule has 0 saturated heterocycles. The summed E-state index contributed by atoms with van der Waals surface area (Å²) in [6, 6.07) is 12.5. The van der Waals surface area contributed by atoms with Crippen molar-refractivity contribution in [2.24, 2.45) is 0 Å². The number of carbonyl (C=O) groups excluding carboxylic acids is 1. The average molecular weight is 411 g/mol. The Balaban J connectivity index is 1.65. The van der Waals surface area contributed by atoms with Gasteiger partial charge in [-0.2, -0.15) is 0 Å². The van der Waals surface area contributed by atoms with Crippen LogP contribution in [0, 0.1) is 10.1 Å². The number of nitro groups is 1. The SMILES string of the molecule is COc1ccc(-[n+]2[nH]oc(=O)c2CN(C(=O)c2cccc([N+](=O)[O-])c2)C2CC2)cc1. The summed E-state index contributed by atoms with van der Waals surface area (Å²) in [5.74, 6) is 0.287. The van der Waals surface area contributed by atoms with E-state index in [1.807, 2.05) is 0 Å². The summed E-state index contributed by atoms with van der Waals surface area (Å²) in [4.78, 5) is 37.5. The first-order chi connectivity index (χ1) is 14.5. The van der Waals surface area contributed by atoms with Gasteiger partial charge in [-0.25, -0.2) is 4.79 Å². The van der Waals surface area contributed by atoms with E-state index in [0.29, 0.717) is 11.4 Å². The van der Waals surface area contributed by atoms with Crippen LogP contribution in [0.3, 0.4) is 0 Å². The summed E-state index contributed by atoms with van der Waals surface area (Å²) in [5, 5.41) is 13.6. The highest BCUT2D eigenvalue weighted by molar-refractivity contribution is 5.95. The summed E-state index contributed by atoms with van der Waals surface area (Å²) in [6.07, 6.45) is 1.61. The number of hydrogen-bond acceptors (Lipinski definition) is 6. The summed E-state index contributed by atoms with van der Waals surface area (Å²) in [6.45, 7) is 0.00402. The lowest BCUT2D eigenvalue weighted by Crippen LogP contribution is -2.43. The van der Waals surface area contributed by atoms with E-state index in [9.17, 15) is 19.7 Å². The molecule has 0 atom stereocenters. The lowest BCUT2D eigenvalue weighted by molar-refractivity contribution is -0.678. The second kappa shape index (κ2) is 7.82. The molecule has 2 aromatic carbocycles. The van der Waals surface area contributed by atoms with Crippen molar-refractivity contribution in [3.05, 3.63) is 80.3 Å². The monoisotopic (exact) mass is 411 g/mol. The average Bonchev–Trinajstić information content (AvgIpc) is 3.54. The number of rotatable bonds is 7. The Morgan fingerprint density at radius 2 is 2.03 bits per heavy atom. The number of hydrogen-bond donors (Lipinski definition) is 1. The third kappa shape index (κ3) is 3.79. The topological polar surface area (TPSA) is 123 Å². The van der Waals surface area contributed by atoms with Gasteiger partial charge < -0.3 is 9.64 Å². The molecule has 4 rings (SSSR count). The van der Waals surface area contributed by atoms with Crippen molar-refractivity contribution in [3.63, 3.8) is 0 Å². The maximum atomic E-state index is 13.1. The molecule has 10 heteroatoms. The van der Waals surface area contributed by atoms with Crippen LogP contribution in [-0.4, -0.2) is 34.2 Å². The van der Waals surface area contributed by atoms with Gasteiger partial charge in [0.2, 0.25) is 5.69 Å². The normalized spacial score (nSPS) is 13.1. The van der Waals surface area contributed by atoms with Crippen molar-refractivity contribution in [1.29, 1.82) is 0 Å². The molecule has 3 aromatic rings. The molecule has 1 amide bonds. The molecule has 30 heavy (non-hydrogen) atoms. The minimum atomic E-state index is -0.594. The number of nitrogens with zero attached hydrogens (tertiary/aromatic N) is 3. The van der Waals surface area contributed by atoms with E-state index in [1.165, 1.54) is 28.9 Å². The van der Waals surface area contributed by atoms with Crippen molar-refractivity contribution < 1.29 is 23.7 Å². The molecule has 1 aromatic heterocycles. The molecular weight excluding hydrogens is 392 g/mol. The highest BCUT2D eigenvalue weighted by Gasteiger charge is 2.37. The molecule has 1 N–H and O–H groups in total. The van der Waals surface area contributed by atoms with Crippen molar-refractivity contribution in [1.82, 2.24) is 10.2 Å². The number of aromatic amines is 1. The van der Waals surface area contributed by atoms with E-state index in [4.69, 9.17) is 9.26 Å². The molecule has 1 aliphatic carbocycles. The molecule has 0 unspecified atom stereocenters. The number of nitrogens with one attached hydrogen (secondary N) is 1. The third-order valence-electron chi connectivity index (χ3n) is 4.94. The van der Waals surface area contributed by atoms with Gasteiger partial charge in [0.15, 0.2) is 0 Å². The van der Waals surface area contributed by atoms with Crippen LogP contribution in [0.25, 0.3) is 5.69 Å². The minimum absolute atomic E-state index is 0.00402. The fraction of sp³-hybridized carbons (Fsp3) is 0.250. The Labute approximate surface area is 170 Å². The Kier molecular flexibility index (Phi) is 5.05. The highest BCUT2D eigenvalue weighted by Crippen LogP contribution is 2.30. The fourth-order valence-electron chi connectivity index (χ4n) is 3.20. The van der Waals surface area contributed by atoms with Gasteiger partial charge in [-0.3, -0.25) is 19.4 Å². The number of H-pyrrole nitrogens is 1. The van der Waals surface area contributed by atoms with E-state index in [-0.39, 0.29) is 35.4 Å². The van der Waals surface area contributed by atoms with Gasteiger partial charge in [0.1, 0.15) is 12.3 Å². The zero-order valence-corrected chi connectivity index (χ0v) is 16.1. The highest BCUT2D eigenvalue weighted by atomic mass is 16.6. The van der Waals surface area contributed by atoms with Gasteiger partial charge in [-0.15, -0.1) is 0 Å². The second-order valence-corrected chi connectivity index (χ2v) is 6.93. The van der Waals surface area contributed by atoms with Gasteiger partial charge in [0, 0.05) is 35.9 Å². The van der Waals surface area contributed by atoms with Gasteiger partial charge in [0.25, 0.3) is 11.6 Å². The second-order valence-electron chi connectivity index (χ2n) is 6.93. The van der Waals surface area contributed by atoms with Crippen molar-refractivity contribution in [2.45, 2.75) is 25.4 Å². The molecule has 0 radical (unpaired) electrons. The fourth-order valence-corrected chi connectivity index (χ4v) is 3.20. The largest absolute Gasteiger partial charge is 0.497 e. The lowest BCUT2D eigenvalue weighted by Gasteiger charge is -2.19. The van der Waals surface area contributed by atoms with Crippen LogP contribution in [-0.2, 0) is 6.54 Å². The Bertz CT molecular complexity index is 1150. The molecule has 0 bridgehead atoms. The van der Waals surface area contributed by atoms with Crippen LogP contribution >= 0.6 is 0 Å². The summed E-state index contributed by atoms with van der Waals surface area (Å²) in [7, 11) is 1.56. The van der Waals surface area contributed by atoms with Gasteiger partial charge in [-0.05, 0) is 41.0 Å². The van der Waals surface area contributed by atoms with E-state index in [1.54, 1.807) is 36.3 Å². The van der Waals surface area contributed by atoms with Gasteiger partial charge >= 0.3 is 11.3 Å².